The van der Waals surface area contributed by atoms with Crippen LogP contribution in [-0.2, 0) is 5.41 Å². The molecule has 0 unspecified atom stereocenters. The summed E-state index contributed by atoms with van der Waals surface area (Å²) in [6, 6.07) is 5.45. The maximum atomic E-state index is 13.7. The highest BCUT2D eigenvalue weighted by Crippen LogP contribution is 2.32. The first-order chi connectivity index (χ1) is 7.48. The van der Waals surface area contributed by atoms with Crippen molar-refractivity contribution in [1.29, 1.82) is 5.26 Å². The van der Waals surface area contributed by atoms with E-state index in [0.29, 0.717) is 11.1 Å². The van der Waals surface area contributed by atoms with Gasteiger partial charge in [-0.25, -0.2) is 4.39 Å². The largest absolute Gasteiger partial charge is 0.207 e. The van der Waals surface area contributed by atoms with Gasteiger partial charge in [0, 0.05) is 5.56 Å². The Hall–Kier alpha value is -1.36. The van der Waals surface area contributed by atoms with Gasteiger partial charge < -0.3 is 0 Å². The monoisotopic (exact) mass is 219 g/mol. The fourth-order valence-electron chi connectivity index (χ4n) is 1.80. The highest BCUT2D eigenvalue weighted by Gasteiger charge is 2.24. The molecule has 1 aromatic rings. The van der Waals surface area contributed by atoms with Crippen LogP contribution in [0.4, 0.5) is 4.39 Å². The van der Waals surface area contributed by atoms with Crippen molar-refractivity contribution in [2.24, 2.45) is 0 Å². The van der Waals surface area contributed by atoms with E-state index in [9.17, 15) is 4.39 Å². The van der Waals surface area contributed by atoms with Crippen LogP contribution in [0.5, 0.6) is 0 Å². The summed E-state index contributed by atoms with van der Waals surface area (Å²) in [6.45, 7) is 7.94. The standard InChI is InChI=1S/C14H18FN/c1-5-14(4,6-2)12-7-11(9-16)10(3)13(15)8-12/h7-8H,5-6H2,1-4H3. The quantitative estimate of drug-likeness (QED) is 0.751. The Morgan fingerprint density at radius 1 is 1.31 bits per heavy atom. The molecule has 0 saturated heterocycles. The van der Waals surface area contributed by atoms with E-state index in [2.05, 4.69) is 26.8 Å². The number of hydrogen-bond donors (Lipinski definition) is 0. The molecule has 16 heavy (non-hydrogen) atoms. The van der Waals surface area contributed by atoms with Gasteiger partial charge in [-0.15, -0.1) is 0 Å². The Morgan fingerprint density at radius 2 is 1.88 bits per heavy atom. The smallest absolute Gasteiger partial charge is 0.127 e. The number of nitriles is 1. The van der Waals surface area contributed by atoms with Gasteiger partial charge in [0.2, 0.25) is 0 Å². The summed E-state index contributed by atoms with van der Waals surface area (Å²) in [5.74, 6) is -0.276. The maximum Gasteiger partial charge on any atom is 0.127 e. The lowest BCUT2D eigenvalue weighted by molar-refractivity contribution is 0.435. The minimum atomic E-state index is -0.276. The van der Waals surface area contributed by atoms with E-state index < -0.39 is 0 Å². The minimum Gasteiger partial charge on any atom is -0.207 e. The molecule has 0 bridgehead atoms. The number of rotatable bonds is 3. The predicted molar refractivity (Wildman–Crippen MR) is 63.8 cm³/mol. The van der Waals surface area contributed by atoms with E-state index >= 15 is 0 Å². The molecular formula is C14H18FN. The summed E-state index contributed by atoms with van der Waals surface area (Å²) in [5.41, 5.74) is 1.78. The van der Waals surface area contributed by atoms with E-state index in [1.165, 1.54) is 0 Å². The van der Waals surface area contributed by atoms with E-state index in [-0.39, 0.29) is 11.2 Å². The van der Waals surface area contributed by atoms with Crippen LogP contribution in [0, 0.1) is 24.1 Å². The average Bonchev–Trinajstić information content (AvgIpc) is 2.31. The number of benzene rings is 1. The van der Waals surface area contributed by atoms with Gasteiger partial charge in [-0.3, -0.25) is 0 Å². The van der Waals surface area contributed by atoms with E-state index in [0.717, 1.165) is 18.4 Å². The lowest BCUT2D eigenvalue weighted by Crippen LogP contribution is -2.20. The summed E-state index contributed by atoms with van der Waals surface area (Å²) in [5, 5.41) is 8.96. The normalized spacial score (nSPS) is 11.2. The minimum absolute atomic E-state index is 0.0415. The second-order valence-electron chi connectivity index (χ2n) is 4.51. The fraction of sp³-hybridized carbons (Fsp3) is 0.500. The molecule has 0 aliphatic carbocycles. The van der Waals surface area contributed by atoms with Crippen molar-refractivity contribution in [1.82, 2.24) is 0 Å². The maximum absolute atomic E-state index is 13.7. The summed E-state index contributed by atoms with van der Waals surface area (Å²) < 4.78 is 13.7. The molecule has 1 aromatic carbocycles. The first-order valence-corrected chi connectivity index (χ1v) is 5.69. The average molecular weight is 219 g/mol. The molecule has 0 spiro atoms. The molecule has 0 saturated carbocycles. The van der Waals surface area contributed by atoms with Gasteiger partial charge >= 0.3 is 0 Å². The summed E-state index contributed by atoms with van der Waals surface area (Å²) in [4.78, 5) is 0. The van der Waals surface area contributed by atoms with Crippen LogP contribution in [0.15, 0.2) is 12.1 Å². The first kappa shape index (κ1) is 12.7. The number of nitrogens with zero attached hydrogens (tertiary/aromatic N) is 1. The van der Waals surface area contributed by atoms with Crippen LogP contribution in [0.25, 0.3) is 0 Å². The Balaban J connectivity index is 3.38. The van der Waals surface area contributed by atoms with E-state index in [4.69, 9.17) is 5.26 Å². The fourth-order valence-corrected chi connectivity index (χ4v) is 1.80. The zero-order chi connectivity index (χ0) is 12.3. The topological polar surface area (TPSA) is 23.8 Å². The van der Waals surface area contributed by atoms with Crippen LogP contribution in [0.1, 0.15) is 50.3 Å². The van der Waals surface area contributed by atoms with Crippen molar-refractivity contribution in [2.45, 2.75) is 46.0 Å². The van der Waals surface area contributed by atoms with Crippen molar-refractivity contribution in [2.75, 3.05) is 0 Å². The Kier molecular flexibility index (Phi) is 3.70. The number of halogens is 1. The van der Waals surface area contributed by atoms with E-state index in [1.807, 2.05) is 6.07 Å². The number of hydrogen-bond acceptors (Lipinski definition) is 1. The van der Waals surface area contributed by atoms with Crippen LogP contribution in [0.3, 0.4) is 0 Å². The molecule has 0 aliphatic rings. The second kappa shape index (κ2) is 4.65. The molecule has 0 aromatic heterocycles. The van der Waals surface area contributed by atoms with Gasteiger partial charge in [0.1, 0.15) is 5.82 Å². The Labute approximate surface area is 96.9 Å². The van der Waals surface area contributed by atoms with Gasteiger partial charge in [0.15, 0.2) is 0 Å². The molecule has 0 atom stereocenters. The zero-order valence-corrected chi connectivity index (χ0v) is 10.4. The highest BCUT2D eigenvalue weighted by atomic mass is 19.1. The van der Waals surface area contributed by atoms with Crippen molar-refractivity contribution < 1.29 is 4.39 Å². The van der Waals surface area contributed by atoms with Gasteiger partial charge in [0.25, 0.3) is 0 Å². The third kappa shape index (κ3) is 2.09. The molecule has 0 N–H and O–H groups in total. The highest BCUT2D eigenvalue weighted by molar-refractivity contribution is 5.43. The molecule has 86 valence electrons. The predicted octanol–water partition coefficient (Wildman–Crippen LogP) is 4.08. The molecule has 0 fully saturated rings. The van der Waals surface area contributed by atoms with Gasteiger partial charge in [-0.05, 0) is 42.9 Å². The van der Waals surface area contributed by atoms with Gasteiger partial charge in [0.05, 0.1) is 11.6 Å². The van der Waals surface area contributed by atoms with Gasteiger partial charge in [-0.1, -0.05) is 20.8 Å². The lowest BCUT2D eigenvalue weighted by atomic mass is 9.77. The summed E-state index contributed by atoms with van der Waals surface area (Å²) >= 11 is 0. The summed E-state index contributed by atoms with van der Waals surface area (Å²) in [6.07, 6.45) is 1.88. The molecule has 1 rings (SSSR count). The van der Waals surface area contributed by atoms with Crippen LogP contribution >= 0.6 is 0 Å². The second-order valence-corrected chi connectivity index (χ2v) is 4.51. The zero-order valence-electron chi connectivity index (χ0n) is 10.4. The molecule has 0 amide bonds. The van der Waals surface area contributed by atoms with Crippen molar-refractivity contribution in [3.8, 4) is 6.07 Å². The van der Waals surface area contributed by atoms with Crippen molar-refractivity contribution in [3.63, 3.8) is 0 Å². The Bertz CT molecular complexity index is 425. The third-order valence-corrected chi connectivity index (χ3v) is 3.72. The van der Waals surface area contributed by atoms with Crippen molar-refractivity contribution in [3.05, 3.63) is 34.6 Å². The van der Waals surface area contributed by atoms with E-state index in [1.54, 1.807) is 13.0 Å². The molecule has 0 radical (unpaired) electrons. The van der Waals surface area contributed by atoms with Crippen LogP contribution in [0.2, 0.25) is 0 Å². The SMILES string of the molecule is CCC(C)(CC)c1cc(F)c(C)c(C#N)c1. The summed E-state index contributed by atoms with van der Waals surface area (Å²) in [7, 11) is 0. The lowest BCUT2D eigenvalue weighted by Gasteiger charge is -2.27. The van der Waals surface area contributed by atoms with Crippen LogP contribution < -0.4 is 0 Å². The molecular weight excluding hydrogens is 201 g/mol. The molecule has 0 heterocycles. The third-order valence-electron chi connectivity index (χ3n) is 3.72. The van der Waals surface area contributed by atoms with Crippen LogP contribution in [-0.4, -0.2) is 0 Å². The Morgan fingerprint density at radius 3 is 2.31 bits per heavy atom. The first-order valence-electron chi connectivity index (χ1n) is 5.69. The van der Waals surface area contributed by atoms with Crippen molar-refractivity contribution >= 4 is 0 Å². The molecule has 1 nitrogen and oxygen atoms in total. The van der Waals surface area contributed by atoms with Gasteiger partial charge in [-0.2, -0.15) is 5.26 Å². The molecule has 2 heteroatoms. The molecule has 0 aliphatic heterocycles.